The molecule has 2 aromatic heterocycles. The fourth-order valence-electron chi connectivity index (χ4n) is 2.95. The molecule has 0 radical (unpaired) electrons. The number of thioether (sulfide) groups is 1. The van der Waals surface area contributed by atoms with Crippen LogP contribution in [0, 0.1) is 0 Å². The predicted octanol–water partition coefficient (Wildman–Crippen LogP) is 2.15. The quantitative estimate of drug-likeness (QED) is 0.590. The SMILES string of the molecule is O=C(CSc1nncn1-c1cccc(Cl)c1)N1CCN(c2ncccn2)CC1. The average Bonchev–Trinajstić information content (AvgIpc) is 3.21. The second kappa shape index (κ2) is 8.57. The molecule has 1 aliphatic heterocycles. The number of aromatic nitrogens is 5. The number of piperazine rings is 1. The molecule has 0 N–H and O–H groups in total. The lowest BCUT2D eigenvalue weighted by atomic mass is 10.3. The molecule has 10 heteroatoms. The first-order valence-electron chi connectivity index (χ1n) is 8.79. The van der Waals surface area contributed by atoms with Crippen molar-refractivity contribution in [1.29, 1.82) is 0 Å². The Labute approximate surface area is 171 Å². The Bertz CT molecular complexity index is 944. The van der Waals surface area contributed by atoms with Gasteiger partial charge in [-0.15, -0.1) is 10.2 Å². The van der Waals surface area contributed by atoms with Crippen molar-refractivity contribution in [3.05, 3.63) is 54.1 Å². The third kappa shape index (κ3) is 4.26. The minimum absolute atomic E-state index is 0.0827. The normalized spacial score (nSPS) is 14.3. The summed E-state index contributed by atoms with van der Waals surface area (Å²) in [6, 6.07) is 9.23. The smallest absolute Gasteiger partial charge is 0.233 e. The maximum absolute atomic E-state index is 12.6. The van der Waals surface area contributed by atoms with E-state index in [1.54, 1.807) is 24.8 Å². The van der Waals surface area contributed by atoms with Gasteiger partial charge in [0.25, 0.3) is 0 Å². The van der Waals surface area contributed by atoms with Crippen LogP contribution in [0.4, 0.5) is 5.95 Å². The van der Waals surface area contributed by atoms with E-state index >= 15 is 0 Å². The molecule has 144 valence electrons. The van der Waals surface area contributed by atoms with Crippen LogP contribution < -0.4 is 4.90 Å². The van der Waals surface area contributed by atoms with Crippen LogP contribution in [0.2, 0.25) is 5.02 Å². The number of benzene rings is 1. The molecule has 0 bridgehead atoms. The molecule has 1 aromatic carbocycles. The number of carbonyl (C=O) groups is 1. The van der Waals surface area contributed by atoms with Crippen LogP contribution in [0.15, 0.2) is 54.2 Å². The first kappa shape index (κ1) is 18.7. The molecule has 0 saturated carbocycles. The molecule has 1 fully saturated rings. The highest BCUT2D eigenvalue weighted by atomic mass is 35.5. The number of hydrogen-bond donors (Lipinski definition) is 0. The summed E-state index contributed by atoms with van der Waals surface area (Å²) >= 11 is 7.43. The van der Waals surface area contributed by atoms with E-state index in [0.717, 1.165) is 18.8 Å². The number of amides is 1. The highest BCUT2D eigenvalue weighted by Crippen LogP contribution is 2.22. The summed E-state index contributed by atoms with van der Waals surface area (Å²) in [5, 5.41) is 9.39. The highest BCUT2D eigenvalue weighted by Gasteiger charge is 2.23. The molecule has 3 aromatic rings. The molecule has 1 amide bonds. The van der Waals surface area contributed by atoms with Gasteiger partial charge in [0.1, 0.15) is 6.33 Å². The molecular formula is C18H18ClN7OS. The van der Waals surface area contributed by atoms with Crippen molar-refractivity contribution in [3.63, 3.8) is 0 Å². The van der Waals surface area contributed by atoms with E-state index in [4.69, 9.17) is 11.6 Å². The second-order valence-electron chi connectivity index (χ2n) is 6.17. The van der Waals surface area contributed by atoms with Crippen LogP contribution in [0.1, 0.15) is 0 Å². The largest absolute Gasteiger partial charge is 0.338 e. The Morgan fingerprint density at radius 2 is 1.89 bits per heavy atom. The monoisotopic (exact) mass is 415 g/mol. The molecular weight excluding hydrogens is 398 g/mol. The van der Waals surface area contributed by atoms with Crippen molar-refractivity contribution in [2.45, 2.75) is 5.16 Å². The van der Waals surface area contributed by atoms with E-state index in [2.05, 4.69) is 25.1 Å². The lowest BCUT2D eigenvalue weighted by molar-refractivity contribution is -0.128. The van der Waals surface area contributed by atoms with Crippen LogP contribution >= 0.6 is 23.4 Å². The van der Waals surface area contributed by atoms with Crippen molar-refractivity contribution >= 4 is 35.2 Å². The number of carbonyl (C=O) groups excluding carboxylic acids is 1. The van der Waals surface area contributed by atoms with Crippen LogP contribution in [-0.4, -0.2) is 67.5 Å². The molecule has 0 spiro atoms. The number of anilines is 1. The Balaban J connectivity index is 1.33. The highest BCUT2D eigenvalue weighted by molar-refractivity contribution is 7.99. The van der Waals surface area contributed by atoms with E-state index in [-0.39, 0.29) is 5.91 Å². The van der Waals surface area contributed by atoms with Crippen molar-refractivity contribution in [3.8, 4) is 5.69 Å². The number of nitrogens with zero attached hydrogens (tertiary/aromatic N) is 7. The molecule has 8 nitrogen and oxygen atoms in total. The summed E-state index contributed by atoms with van der Waals surface area (Å²) in [5.74, 6) is 1.10. The lowest BCUT2D eigenvalue weighted by Gasteiger charge is -2.34. The van der Waals surface area contributed by atoms with E-state index in [1.165, 1.54) is 11.8 Å². The Hall–Kier alpha value is -2.65. The topological polar surface area (TPSA) is 80.0 Å². The number of halogens is 1. The zero-order valence-corrected chi connectivity index (χ0v) is 16.6. The fraction of sp³-hybridized carbons (Fsp3) is 0.278. The van der Waals surface area contributed by atoms with Gasteiger partial charge in [-0.2, -0.15) is 0 Å². The van der Waals surface area contributed by atoms with Gasteiger partial charge in [-0.05, 0) is 24.3 Å². The molecule has 1 saturated heterocycles. The summed E-state index contributed by atoms with van der Waals surface area (Å²) in [5.41, 5.74) is 0.865. The van der Waals surface area contributed by atoms with E-state index in [9.17, 15) is 4.79 Å². The van der Waals surface area contributed by atoms with E-state index < -0.39 is 0 Å². The van der Waals surface area contributed by atoms with E-state index in [1.807, 2.05) is 33.7 Å². The van der Waals surface area contributed by atoms with Crippen LogP contribution in [0.3, 0.4) is 0 Å². The predicted molar refractivity (Wildman–Crippen MR) is 108 cm³/mol. The maximum Gasteiger partial charge on any atom is 0.233 e. The Morgan fingerprint density at radius 3 is 2.64 bits per heavy atom. The minimum Gasteiger partial charge on any atom is -0.338 e. The first-order valence-corrected chi connectivity index (χ1v) is 10.2. The molecule has 3 heterocycles. The van der Waals surface area contributed by atoms with Crippen molar-refractivity contribution < 1.29 is 4.79 Å². The van der Waals surface area contributed by atoms with Gasteiger partial charge < -0.3 is 9.80 Å². The molecule has 0 aliphatic carbocycles. The van der Waals surface area contributed by atoms with Crippen molar-refractivity contribution in [2.24, 2.45) is 0 Å². The lowest BCUT2D eigenvalue weighted by Crippen LogP contribution is -2.49. The molecule has 0 atom stereocenters. The average molecular weight is 416 g/mol. The van der Waals surface area contributed by atoms with Gasteiger partial charge >= 0.3 is 0 Å². The zero-order valence-electron chi connectivity index (χ0n) is 15.0. The van der Waals surface area contributed by atoms with E-state index in [0.29, 0.717) is 35.0 Å². The van der Waals surface area contributed by atoms with Crippen molar-refractivity contribution in [2.75, 3.05) is 36.8 Å². The molecule has 0 unspecified atom stereocenters. The van der Waals surface area contributed by atoms with Gasteiger partial charge in [0, 0.05) is 43.6 Å². The molecule has 1 aliphatic rings. The van der Waals surface area contributed by atoms with Crippen molar-refractivity contribution in [1.82, 2.24) is 29.6 Å². The summed E-state index contributed by atoms with van der Waals surface area (Å²) in [6.07, 6.45) is 5.08. The van der Waals surface area contributed by atoms with Crippen LogP contribution in [0.5, 0.6) is 0 Å². The molecule has 4 rings (SSSR count). The van der Waals surface area contributed by atoms with Crippen LogP contribution in [0.25, 0.3) is 5.69 Å². The number of hydrogen-bond acceptors (Lipinski definition) is 7. The minimum atomic E-state index is 0.0827. The van der Waals surface area contributed by atoms with Gasteiger partial charge in [-0.25, -0.2) is 9.97 Å². The van der Waals surface area contributed by atoms with Crippen LogP contribution in [-0.2, 0) is 4.79 Å². The Kier molecular flexibility index (Phi) is 5.73. The third-order valence-electron chi connectivity index (χ3n) is 4.39. The number of rotatable bonds is 5. The summed E-state index contributed by atoms with van der Waals surface area (Å²) in [6.45, 7) is 2.75. The van der Waals surface area contributed by atoms with Gasteiger partial charge in [-0.3, -0.25) is 9.36 Å². The first-order chi connectivity index (χ1) is 13.7. The standard InChI is InChI=1S/C18H18ClN7OS/c19-14-3-1-4-15(11-14)26-13-22-23-18(26)28-12-16(27)24-7-9-25(10-8-24)17-20-5-2-6-21-17/h1-6,11,13H,7-10,12H2. The zero-order chi connectivity index (χ0) is 19.3. The Morgan fingerprint density at radius 1 is 1.11 bits per heavy atom. The maximum atomic E-state index is 12.6. The van der Waals surface area contributed by atoms with Gasteiger partial charge in [0.05, 0.1) is 11.4 Å². The molecule has 28 heavy (non-hydrogen) atoms. The summed E-state index contributed by atoms with van der Waals surface area (Å²) in [7, 11) is 0. The van der Waals surface area contributed by atoms with Gasteiger partial charge in [0.15, 0.2) is 5.16 Å². The summed E-state index contributed by atoms with van der Waals surface area (Å²) in [4.78, 5) is 25.1. The third-order valence-corrected chi connectivity index (χ3v) is 5.56. The second-order valence-corrected chi connectivity index (χ2v) is 7.55. The fourth-order valence-corrected chi connectivity index (χ4v) is 3.97. The van der Waals surface area contributed by atoms with Gasteiger partial charge in [0.2, 0.25) is 11.9 Å². The van der Waals surface area contributed by atoms with Gasteiger partial charge in [-0.1, -0.05) is 29.4 Å². The summed E-state index contributed by atoms with van der Waals surface area (Å²) < 4.78 is 1.83.